The molecule has 0 atom stereocenters. The third kappa shape index (κ3) is 4.60. The van der Waals surface area contributed by atoms with Crippen molar-refractivity contribution in [2.45, 2.75) is 38.0 Å². The number of nitriles is 1. The Bertz CT molecular complexity index is 977. The molecule has 7 heteroatoms. The van der Waals surface area contributed by atoms with Crippen LogP contribution in [0.1, 0.15) is 47.2 Å². The zero-order valence-corrected chi connectivity index (χ0v) is 18.7. The van der Waals surface area contributed by atoms with Crippen molar-refractivity contribution in [3.63, 3.8) is 0 Å². The number of hydrogen-bond donors (Lipinski definition) is 2. The molecule has 0 heterocycles. The normalized spacial score (nSPS) is 14.7. The van der Waals surface area contributed by atoms with E-state index in [1.165, 1.54) is 7.11 Å². The molecule has 1 amide bonds. The summed E-state index contributed by atoms with van der Waals surface area (Å²) in [5, 5.41) is 15.5. The number of nitrogens with zero attached hydrogens (tertiary/aromatic N) is 1. The Morgan fingerprint density at radius 3 is 2.48 bits per heavy atom. The van der Waals surface area contributed by atoms with Gasteiger partial charge in [-0.1, -0.05) is 40.9 Å². The second-order valence-electron chi connectivity index (χ2n) is 7.19. The summed E-state index contributed by atoms with van der Waals surface area (Å²) in [6.45, 7) is 1.87. The van der Waals surface area contributed by atoms with Crippen LogP contribution in [0.4, 0.5) is 5.69 Å². The number of hydrogen-bond acceptors (Lipinski definition) is 4. The first-order chi connectivity index (χ1) is 13.9. The van der Waals surface area contributed by atoms with Gasteiger partial charge in [-0.2, -0.15) is 5.26 Å². The molecule has 2 aromatic carbocycles. The molecule has 0 saturated heterocycles. The third-order valence-electron chi connectivity index (χ3n) is 5.28. The highest BCUT2D eigenvalue weighted by Crippen LogP contribution is 2.40. The molecule has 29 heavy (non-hydrogen) atoms. The minimum Gasteiger partial charge on any atom is -0.496 e. The van der Waals surface area contributed by atoms with Gasteiger partial charge in [-0.15, -0.1) is 0 Å². The molecule has 0 bridgehead atoms. The number of nitrogens with one attached hydrogen (secondary N) is 2. The van der Waals surface area contributed by atoms with Crippen molar-refractivity contribution in [1.29, 1.82) is 5.26 Å². The molecule has 1 aliphatic rings. The van der Waals surface area contributed by atoms with E-state index in [0.717, 1.165) is 47.0 Å². The second kappa shape index (κ2) is 8.93. The number of anilines is 1. The highest BCUT2D eigenvalue weighted by molar-refractivity contribution is 9.10. The molecular formula is C22H22BrN3O2S. The van der Waals surface area contributed by atoms with Crippen molar-refractivity contribution in [1.82, 2.24) is 5.32 Å². The van der Waals surface area contributed by atoms with Gasteiger partial charge in [-0.3, -0.25) is 10.1 Å². The molecule has 0 aliphatic heterocycles. The van der Waals surface area contributed by atoms with Gasteiger partial charge in [0.1, 0.15) is 5.75 Å². The Kier molecular flexibility index (Phi) is 6.56. The molecule has 150 valence electrons. The molecule has 2 aromatic rings. The predicted molar refractivity (Wildman–Crippen MR) is 121 cm³/mol. The van der Waals surface area contributed by atoms with Crippen LogP contribution in [0, 0.1) is 18.3 Å². The van der Waals surface area contributed by atoms with Crippen LogP contribution in [0.2, 0.25) is 0 Å². The van der Waals surface area contributed by atoms with Gasteiger partial charge in [0.25, 0.3) is 5.91 Å². The molecule has 5 nitrogen and oxygen atoms in total. The molecule has 1 saturated carbocycles. The van der Waals surface area contributed by atoms with Gasteiger partial charge in [0.05, 0.1) is 24.2 Å². The van der Waals surface area contributed by atoms with Crippen LogP contribution < -0.4 is 15.4 Å². The summed E-state index contributed by atoms with van der Waals surface area (Å²) in [6, 6.07) is 13.8. The fourth-order valence-electron chi connectivity index (χ4n) is 3.82. The van der Waals surface area contributed by atoms with E-state index in [1.54, 1.807) is 6.07 Å². The maximum atomic E-state index is 12.7. The van der Waals surface area contributed by atoms with E-state index in [4.69, 9.17) is 17.0 Å². The second-order valence-corrected chi connectivity index (χ2v) is 8.51. The smallest absolute Gasteiger partial charge is 0.261 e. The Labute approximate surface area is 184 Å². The van der Waals surface area contributed by atoms with Crippen molar-refractivity contribution in [3.8, 4) is 11.8 Å². The highest BCUT2D eigenvalue weighted by Gasteiger charge is 2.35. The maximum Gasteiger partial charge on any atom is 0.261 e. The number of benzene rings is 2. The monoisotopic (exact) mass is 471 g/mol. The molecule has 0 spiro atoms. The van der Waals surface area contributed by atoms with Crippen molar-refractivity contribution < 1.29 is 9.53 Å². The number of thiocarbonyl (C=S) groups is 1. The van der Waals surface area contributed by atoms with Crippen LogP contribution in [-0.4, -0.2) is 18.1 Å². The average Bonchev–Trinajstić information content (AvgIpc) is 3.18. The van der Waals surface area contributed by atoms with Crippen molar-refractivity contribution in [2.75, 3.05) is 12.4 Å². The summed E-state index contributed by atoms with van der Waals surface area (Å²) in [5.41, 5.74) is 2.66. The lowest BCUT2D eigenvalue weighted by molar-refractivity contribution is 0.0974. The van der Waals surface area contributed by atoms with E-state index in [2.05, 4.69) is 32.6 Å². The van der Waals surface area contributed by atoms with E-state index < -0.39 is 0 Å². The lowest BCUT2D eigenvalue weighted by Gasteiger charge is -2.21. The molecule has 1 fully saturated rings. The van der Waals surface area contributed by atoms with Crippen LogP contribution in [0.25, 0.3) is 0 Å². The first-order valence-electron chi connectivity index (χ1n) is 9.37. The number of aryl methyl sites for hydroxylation is 1. The van der Waals surface area contributed by atoms with Gasteiger partial charge < -0.3 is 10.1 Å². The zero-order chi connectivity index (χ0) is 21.0. The highest BCUT2D eigenvalue weighted by atomic mass is 79.9. The topological polar surface area (TPSA) is 74.2 Å². The van der Waals surface area contributed by atoms with Crippen LogP contribution in [0.5, 0.6) is 5.75 Å². The van der Waals surface area contributed by atoms with Crippen molar-refractivity contribution in [3.05, 3.63) is 57.6 Å². The standard InChI is InChI=1S/C22H22BrN3O2S/c1-14-11-16(23)12-18(19(14)28-2)20(27)26-21(29)25-17-7-5-15(6-8-17)22(13-24)9-3-4-10-22/h5-8,11-12H,3-4,9-10H2,1-2H3,(H2,25,26,27,29). The predicted octanol–water partition coefficient (Wildman–Crippen LogP) is 5.23. The number of rotatable bonds is 4. The van der Waals surface area contributed by atoms with Crippen molar-refractivity contribution in [2.24, 2.45) is 0 Å². The SMILES string of the molecule is COc1c(C)cc(Br)cc1C(=O)NC(=S)Nc1ccc(C2(C#N)CCCC2)cc1. The fraction of sp³-hybridized carbons (Fsp3) is 0.318. The van der Waals surface area contributed by atoms with Gasteiger partial charge in [0, 0.05) is 10.2 Å². The maximum absolute atomic E-state index is 12.7. The molecular weight excluding hydrogens is 450 g/mol. The third-order valence-corrected chi connectivity index (χ3v) is 5.94. The first-order valence-corrected chi connectivity index (χ1v) is 10.6. The number of methoxy groups -OCH3 is 1. The number of halogens is 1. The minimum atomic E-state index is -0.373. The summed E-state index contributed by atoms with van der Waals surface area (Å²) < 4.78 is 6.15. The quantitative estimate of drug-likeness (QED) is 0.597. The summed E-state index contributed by atoms with van der Waals surface area (Å²) in [5.74, 6) is 0.158. The van der Waals surface area contributed by atoms with Crippen molar-refractivity contribution >= 4 is 44.9 Å². The van der Waals surface area contributed by atoms with E-state index in [1.807, 2.05) is 37.3 Å². The largest absolute Gasteiger partial charge is 0.496 e. The summed E-state index contributed by atoms with van der Waals surface area (Å²) in [4.78, 5) is 12.7. The first kappa shape index (κ1) is 21.3. The van der Waals surface area contributed by atoms with Gasteiger partial charge in [0.2, 0.25) is 0 Å². The average molecular weight is 472 g/mol. The summed E-state index contributed by atoms with van der Waals surface area (Å²) in [7, 11) is 1.53. The van der Waals surface area contributed by atoms with Crippen LogP contribution in [-0.2, 0) is 5.41 Å². The number of carbonyl (C=O) groups is 1. The Morgan fingerprint density at radius 2 is 1.90 bits per heavy atom. The van der Waals surface area contributed by atoms with E-state index in [-0.39, 0.29) is 16.4 Å². The number of carbonyl (C=O) groups excluding carboxylic acids is 1. The van der Waals surface area contributed by atoms with Crippen LogP contribution in [0.15, 0.2) is 40.9 Å². The van der Waals surface area contributed by atoms with Crippen LogP contribution in [0.3, 0.4) is 0 Å². The van der Waals surface area contributed by atoms with Gasteiger partial charge >= 0.3 is 0 Å². The van der Waals surface area contributed by atoms with Gasteiger partial charge in [-0.05, 0) is 67.4 Å². The van der Waals surface area contributed by atoms with E-state index >= 15 is 0 Å². The summed E-state index contributed by atoms with van der Waals surface area (Å²) in [6.07, 6.45) is 3.97. The fourth-order valence-corrected chi connectivity index (χ4v) is 4.60. The molecule has 0 aromatic heterocycles. The van der Waals surface area contributed by atoms with Gasteiger partial charge in [0.15, 0.2) is 5.11 Å². The van der Waals surface area contributed by atoms with E-state index in [0.29, 0.717) is 11.3 Å². The summed E-state index contributed by atoms with van der Waals surface area (Å²) >= 11 is 8.70. The Morgan fingerprint density at radius 1 is 1.24 bits per heavy atom. The Hall–Kier alpha value is -2.43. The molecule has 3 rings (SSSR count). The number of ether oxygens (including phenoxy) is 1. The Balaban J connectivity index is 1.69. The van der Waals surface area contributed by atoms with E-state index in [9.17, 15) is 10.1 Å². The minimum absolute atomic E-state index is 0.193. The molecule has 0 unspecified atom stereocenters. The lowest BCUT2D eigenvalue weighted by Crippen LogP contribution is -2.34. The molecule has 2 N–H and O–H groups in total. The zero-order valence-electron chi connectivity index (χ0n) is 16.3. The molecule has 0 radical (unpaired) electrons. The molecule has 1 aliphatic carbocycles. The van der Waals surface area contributed by atoms with Crippen LogP contribution >= 0.6 is 28.1 Å². The number of amides is 1. The lowest BCUT2D eigenvalue weighted by atomic mass is 9.80. The van der Waals surface area contributed by atoms with Gasteiger partial charge in [-0.25, -0.2) is 0 Å².